The van der Waals surface area contributed by atoms with E-state index in [1.165, 1.54) is 31.8 Å². The van der Waals surface area contributed by atoms with E-state index in [0.29, 0.717) is 0 Å². The average molecular weight is 736 g/mol. The summed E-state index contributed by atoms with van der Waals surface area (Å²) in [6.07, 6.45) is 4.62. The molecule has 0 aliphatic heterocycles. The first-order valence-corrected chi connectivity index (χ1v) is 18.0. The smallest absolute Gasteiger partial charge is 0.136 e. The Balaban J connectivity index is 0.00000221. The molecule has 0 aromatic heterocycles. The molecule has 4 heteroatoms. The van der Waals surface area contributed by atoms with Crippen molar-refractivity contribution in [3.05, 3.63) is 206 Å². The van der Waals surface area contributed by atoms with Gasteiger partial charge in [-0.3, -0.25) is 0 Å². The lowest BCUT2D eigenvalue weighted by Gasteiger charge is -2.24. The Morgan fingerprint density at radius 1 is 0.250 bits per heavy atom. The van der Waals surface area contributed by atoms with Gasteiger partial charge in [0.05, 0.1) is 11.6 Å². The summed E-state index contributed by atoms with van der Waals surface area (Å²) in [4.78, 5) is 0. The van der Waals surface area contributed by atoms with Gasteiger partial charge in [0.25, 0.3) is 0 Å². The van der Waals surface area contributed by atoms with Crippen LogP contribution in [0.25, 0.3) is 0 Å². The van der Waals surface area contributed by atoms with Crippen LogP contribution < -0.4 is 65.8 Å². The zero-order valence-electron chi connectivity index (χ0n) is 24.3. The average Bonchev–Trinajstić information content (AvgIpc) is 3.09. The second kappa shape index (κ2) is 16.1. The Hall–Kier alpha value is -3.38. The van der Waals surface area contributed by atoms with Crippen LogP contribution in [-0.4, -0.2) is 0 Å². The lowest BCUT2D eigenvalue weighted by molar-refractivity contribution is -0.00100. The summed E-state index contributed by atoms with van der Waals surface area (Å²) < 4.78 is 0. The fourth-order valence-electron chi connectivity index (χ4n) is 5.75. The third kappa shape index (κ3) is 6.81. The number of benzene rings is 6. The van der Waals surface area contributed by atoms with E-state index in [1.807, 2.05) is 0 Å². The summed E-state index contributed by atoms with van der Waals surface area (Å²) in [5.74, 6) is 4.97. The van der Waals surface area contributed by atoms with Crippen LogP contribution in [0.15, 0.2) is 206 Å². The topological polar surface area (TPSA) is 0 Å². The van der Waals surface area contributed by atoms with E-state index in [-0.39, 0.29) is 34.0 Å². The van der Waals surface area contributed by atoms with Gasteiger partial charge in [-0.15, -0.1) is 0 Å². The highest BCUT2D eigenvalue weighted by Crippen LogP contribution is 2.58. The molecule has 218 valence electrons. The van der Waals surface area contributed by atoms with E-state index in [1.54, 1.807) is 0 Å². The number of halogens is 2. The maximum absolute atomic E-state index is 2.49. The van der Waals surface area contributed by atoms with Gasteiger partial charge in [0.15, 0.2) is 0 Å². The first kappa shape index (κ1) is 33.5. The summed E-state index contributed by atoms with van der Waals surface area (Å²) in [5.41, 5.74) is 0. The van der Waals surface area contributed by atoms with Crippen LogP contribution in [0.2, 0.25) is 0 Å². The number of allylic oxidation sites excluding steroid dienone is 2. The summed E-state index contributed by atoms with van der Waals surface area (Å²) in [6, 6.07) is 66.1. The Bertz CT molecular complexity index is 1410. The van der Waals surface area contributed by atoms with Gasteiger partial charge < -0.3 is 34.0 Å². The minimum Gasteiger partial charge on any atom is -1.00 e. The van der Waals surface area contributed by atoms with Gasteiger partial charge in [-0.05, 0) is 84.9 Å². The summed E-state index contributed by atoms with van der Waals surface area (Å²) in [6.45, 7) is 0. The molecule has 0 saturated carbocycles. The molecule has 0 aliphatic carbocycles. The van der Waals surface area contributed by atoms with Gasteiger partial charge in [0.1, 0.15) is 46.4 Å². The minimum absolute atomic E-state index is 0. The Kier molecular flexibility index (Phi) is 12.2. The monoisotopic (exact) mass is 734 g/mol. The molecule has 0 N–H and O–H groups in total. The maximum atomic E-state index is 2.49. The Morgan fingerprint density at radius 3 is 0.568 bits per heavy atom. The first-order valence-electron chi connectivity index (χ1n) is 14.3. The van der Waals surface area contributed by atoms with E-state index < -0.39 is 14.5 Å². The largest absolute Gasteiger partial charge is 1.00 e. The van der Waals surface area contributed by atoms with E-state index in [4.69, 9.17) is 0 Å². The van der Waals surface area contributed by atoms with Crippen LogP contribution in [0, 0.1) is 0 Å². The van der Waals surface area contributed by atoms with Gasteiger partial charge in [-0.2, -0.15) is 0 Å². The molecule has 44 heavy (non-hydrogen) atoms. The lowest BCUT2D eigenvalue weighted by atomic mass is 10.4. The fourth-order valence-corrected chi connectivity index (χ4v) is 13.1. The van der Waals surface area contributed by atoms with Crippen molar-refractivity contribution in [2.24, 2.45) is 0 Å². The van der Waals surface area contributed by atoms with Crippen LogP contribution in [-0.2, 0) is 0 Å². The van der Waals surface area contributed by atoms with Gasteiger partial charge >= 0.3 is 0 Å². The van der Waals surface area contributed by atoms with Crippen molar-refractivity contribution in [2.45, 2.75) is 0 Å². The molecule has 0 bridgehead atoms. The SMILES string of the molecule is C(/C=C/[P+](c1ccccc1)(c1ccccc1)c1ccccc1)=C\[P+](c1ccccc1)(c1ccccc1)c1ccccc1.[Br-].[Br-]. The maximum Gasteiger partial charge on any atom is 0.136 e. The van der Waals surface area contributed by atoms with Crippen molar-refractivity contribution in [2.75, 3.05) is 0 Å². The van der Waals surface area contributed by atoms with E-state index in [0.717, 1.165) is 0 Å². The van der Waals surface area contributed by atoms with Crippen LogP contribution >= 0.6 is 14.5 Å². The third-order valence-electron chi connectivity index (χ3n) is 7.71. The van der Waals surface area contributed by atoms with Crippen LogP contribution in [0.1, 0.15) is 0 Å². The zero-order chi connectivity index (χ0) is 28.5. The minimum atomic E-state index is -2.07. The van der Waals surface area contributed by atoms with Crippen molar-refractivity contribution < 1.29 is 34.0 Å². The highest BCUT2D eigenvalue weighted by Gasteiger charge is 2.44. The molecule has 0 spiro atoms. The van der Waals surface area contributed by atoms with Crippen LogP contribution in [0.5, 0.6) is 0 Å². The van der Waals surface area contributed by atoms with Gasteiger partial charge in [0.2, 0.25) is 0 Å². The van der Waals surface area contributed by atoms with Crippen molar-refractivity contribution in [1.29, 1.82) is 0 Å². The van der Waals surface area contributed by atoms with E-state index >= 15 is 0 Å². The standard InChI is InChI=1S/C40H34P2.2BrH/c1-7-21-35(22-8-1)41(36-23-9-2-10-24-36,37-25-11-3-12-26-37)33-19-20-34-42(38-27-13-4-14-28-38,39-29-15-5-16-30-39)40-31-17-6-18-32-40;;/h1-34H;2*1H/q+2;;/p-2/b33-19+,34-20+;;. The molecule has 6 aromatic carbocycles. The number of rotatable bonds is 9. The fraction of sp³-hybridized carbons (Fsp3) is 0. The van der Waals surface area contributed by atoms with E-state index in [2.05, 4.69) is 206 Å². The Labute approximate surface area is 284 Å². The Morgan fingerprint density at radius 2 is 0.409 bits per heavy atom. The van der Waals surface area contributed by atoms with Crippen molar-refractivity contribution in [1.82, 2.24) is 0 Å². The van der Waals surface area contributed by atoms with Crippen molar-refractivity contribution >= 4 is 46.4 Å². The molecule has 0 atom stereocenters. The molecule has 0 heterocycles. The van der Waals surface area contributed by atoms with Gasteiger partial charge in [0, 0.05) is 0 Å². The molecular formula is C40H34Br2P2. The predicted molar refractivity (Wildman–Crippen MR) is 189 cm³/mol. The molecule has 6 aromatic rings. The molecule has 0 unspecified atom stereocenters. The molecule has 0 fully saturated rings. The molecule has 0 radical (unpaired) electrons. The van der Waals surface area contributed by atoms with E-state index in [9.17, 15) is 0 Å². The molecular weight excluding hydrogens is 702 g/mol. The zero-order valence-corrected chi connectivity index (χ0v) is 29.2. The summed E-state index contributed by atoms with van der Waals surface area (Å²) >= 11 is 0. The van der Waals surface area contributed by atoms with Crippen molar-refractivity contribution in [3.8, 4) is 0 Å². The highest BCUT2D eigenvalue weighted by molar-refractivity contribution is 7.98. The second-order valence-electron chi connectivity index (χ2n) is 10.1. The van der Waals surface area contributed by atoms with Gasteiger partial charge in [-0.25, -0.2) is 0 Å². The second-order valence-corrected chi connectivity index (χ2v) is 16.7. The molecule has 0 nitrogen and oxygen atoms in total. The van der Waals surface area contributed by atoms with Crippen molar-refractivity contribution in [3.63, 3.8) is 0 Å². The highest BCUT2D eigenvalue weighted by atomic mass is 79.9. The molecule has 0 aliphatic rings. The van der Waals surface area contributed by atoms with Gasteiger partial charge in [-0.1, -0.05) is 109 Å². The molecule has 6 rings (SSSR count). The van der Waals surface area contributed by atoms with Crippen LogP contribution in [0.3, 0.4) is 0 Å². The molecule has 0 saturated heterocycles. The third-order valence-corrected chi connectivity index (χ3v) is 15.6. The number of hydrogen-bond donors (Lipinski definition) is 0. The normalized spacial score (nSPS) is 11.5. The summed E-state index contributed by atoms with van der Waals surface area (Å²) in [5, 5.41) is 8.10. The van der Waals surface area contributed by atoms with Crippen LogP contribution in [0.4, 0.5) is 0 Å². The predicted octanol–water partition coefficient (Wildman–Crippen LogP) is 2.01. The quantitative estimate of drug-likeness (QED) is 0.158. The molecule has 0 amide bonds. The summed E-state index contributed by atoms with van der Waals surface area (Å²) in [7, 11) is -4.14. The number of hydrogen-bond acceptors (Lipinski definition) is 0. The first-order chi connectivity index (χ1) is 20.8. The lowest BCUT2D eigenvalue weighted by Crippen LogP contribution is -3.00.